The molecule has 0 saturated heterocycles. The monoisotopic (exact) mass is 257 g/mol. The molecule has 72 valence electrons. The van der Waals surface area contributed by atoms with Crippen molar-refractivity contribution in [3.8, 4) is 0 Å². The van der Waals surface area contributed by atoms with E-state index in [1.165, 1.54) is 12.1 Å². The molecule has 1 aromatic carbocycles. The average molecular weight is 258 g/mol. The average Bonchev–Trinajstić information content (AvgIpc) is 2.56. The zero-order valence-corrected chi connectivity index (χ0v) is 8.43. The highest BCUT2D eigenvalue weighted by Crippen LogP contribution is 2.24. The van der Waals surface area contributed by atoms with Gasteiger partial charge in [-0.15, -0.1) is 0 Å². The van der Waals surface area contributed by atoms with Crippen molar-refractivity contribution in [3.05, 3.63) is 34.2 Å². The molecular formula is C9H5BrFNO2. The fourth-order valence-corrected chi connectivity index (χ4v) is 1.58. The summed E-state index contributed by atoms with van der Waals surface area (Å²) in [5, 5.41) is 9.23. The molecule has 0 aliphatic heterocycles. The number of carboxylic acid groups (broad SMARTS) is 1. The van der Waals surface area contributed by atoms with E-state index in [0.29, 0.717) is 9.86 Å². The smallest absolute Gasteiger partial charge is 0.352 e. The standard InChI is InChI=1S/C9H5BrFNO2/c10-5-2-1-4-3-6(9(13)14)12-8(4)7(5)11/h1-3,12H,(H,13,14). The lowest BCUT2D eigenvalue weighted by Gasteiger charge is -1.94. The molecular weight excluding hydrogens is 253 g/mol. The predicted octanol–water partition coefficient (Wildman–Crippen LogP) is 2.77. The van der Waals surface area contributed by atoms with E-state index in [4.69, 9.17) is 5.11 Å². The first-order valence-corrected chi connectivity index (χ1v) is 4.59. The van der Waals surface area contributed by atoms with Crippen LogP contribution in [0.2, 0.25) is 0 Å². The minimum Gasteiger partial charge on any atom is -0.477 e. The molecule has 5 heteroatoms. The van der Waals surface area contributed by atoms with Gasteiger partial charge in [-0.05, 0) is 28.1 Å². The predicted molar refractivity (Wildman–Crippen MR) is 52.9 cm³/mol. The maximum atomic E-state index is 13.4. The second-order valence-electron chi connectivity index (χ2n) is 2.81. The SMILES string of the molecule is O=C(O)c1cc2ccc(Br)c(F)c2[nH]1. The molecule has 0 aliphatic carbocycles. The van der Waals surface area contributed by atoms with Gasteiger partial charge >= 0.3 is 5.97 Å². The molecule has 1 aromatic heterocycles. The van der Waals surface area contributed by atoms with E-state index in [-0.39, 0.29) is 11.2 Å². The zero-order chi connectivity index (χ0) is 10.3. The Labute approximate surface area is 86.7 Å². The number of hydrogen-bond donors (Lipinski definition) is 2. The Morgan fingerprint density at radius 2 is 2.21 bits per heavy atom. The van der Waals surface area contributed by atoms with Gasteiger partial charge in [0.1, 0.15) is 5.69 Å². The first kappa shape index (κ1) is 9.21. The van der Waals surface area contributed by atoms with Crippen LogP contribution in [0.25, 0.3) is 10.9 Å². The van der Waals surface area contributed by atoms with Gasteiger partial charge in [0, 0.05) is 5.39 Å². The van der Waals surface area contributed by atoms with E-state index in [1.54, 1.807) is 6.07 Å². The highest BCUT2D eigenvalue weighted by molar-refractivity contribution is 9.10. The lowest BCUT2D eigenvalue weighted by atomic mass is 10.2. The van der Waals surface area contributed by atoms with Crippen LogP contribution in [0.3, 0.4) is 0 Å². The van der Waals surface area contributed by atoms with Gasteiger partial charge in [-0.1, -0.05) is 6.07 Å². The van der Waals surface area contributed by atoms with E-state index in [0.717, 1.165) is 0 Å². The number of benzene rings is 1. The molecule has 0 fully saturated rings. The van der Waals surface area contributed by atoms with Crippen molar-refractivity contribution < 1.29 is 14.3 Å². The van der Waals surface area contributed by atoms with Crippen LogP contribution in [0, 0.1) is 5.82 Å². The van der Waals surface area contributed by atoms with E-state index in [1.807, 2.05) is 0 Å². The number of nitrogens with one attached hydrogen (secondary N) is 1. The number of carboxylic acids is 1. The van der Waals surface area contributed by atoms with Gasteiger partial charge in [0.2, 0.25) is 0 Å². The van der Waals surface area contributed by atoms with Crippen molar-refractivity contribution in [3.63, 3.8) is 0 Å². The molecule has 0 amide bonds. The molecule has 0 atom stereocenters. The third-order valence-corrected chi connectivity index (χ3v) is 2.53. The Hall–Kier alpha value is -1.36. The summed E-state index contributed by atoms with van der Waals surface area (Å²) >= 11 is 3.02. The molecule has 0 radical (unpaired) electrons. The fourth-order valence-electron chi connectivity index (χ4n) is 1.25. The van der Waals surface area contributed by atoms with Crippen molar-refractivity contribution in [1.29, 1.82) is 0 Å². The molecule has 0 spiro atoms. The molecule has 3 nitrogen and oxygen atoms in total. The number of halogens is 2. The van der Waals surface area contributed by atoms with Crippen LogP contribution in [0.1, 0.15) is 10.5 Å². The van der Waals surface area contributed by atoms with Crippen molar-refractivity contribution in [2.45, 2.75) is 0 Å². The van der Waals surface area contributed by atoms with Gasteiger partial charge in [-0.3, -0.25) is 0 Å². The van der Waals surface area contributed by atoms with Gasteiger partial charge < -0.3 is 10.1 Å². The fraction of sp³-hybridized carbons (Fsp3) is 0. The molecule has 0 bridgehead atoms. The normalized spacial score (nSPS) is 10.7. The maximum absolute atomic E-state index is 13.4. The summed E-state index contributed by atoms with van der Waals surface area (Å²) in [5.41, 5.74) is 0.189. The van der Waals surface area contributed by atoms with E-state index >= 15 is 0 Å². The summed E-state index contributed by atoms with van der Waals surface area (Å²) in [4.78, 5) is 13.1. The quantitative estimate of drug-likeness (QED) is 0.826. The summed E-state index contributed by atoms with van der Waals surface area (Å²) in [5.74, 6) is -1.58. The summed E-state index contributed by atoms with van der Waals surface area (Å²) in [6.45, 7) is 0. The molecule has 2 N–H and O–H groups in total. The number of hydrogen-bond acceptors (Lipinski definition) is 1. The lowest BCUT2D eigenvalue weighted by molar-refractivity contribution is 0.0691. The number of aromatic carboxylic acids is 1. The van der Waals surface area contributed by atoms with Crippen LogP contribution < -0.4 is 0 Å². The third-order valence-electron chi connectivity index (χ3n) is 1.92. The topological polar surface area (TPSA) is 53.1 Å². The Bertz CT molecular complexity index is 521. The second-order valence-corrected chi connectivity index (χ2v) is 3.67. The number of H-pyrrole nitrogens is 1. The van der Waals surface area contributed by atoms with Crippen molar-refractivity contribution in [2.24, 2.45) is 0 Å². The molecule has 1 heterocycles. The van der Waals surface area contributed by atoms with E-state index in [9.17, 15) is 9.18 Å². The van der Waals surface area contributed by atoms with E-state index < -0.39 is 11.8 Å². The largest absolute Gasteiger partial charge is 0.477 e. The minimum absolute atomic E-state index is 0.0167. The molecule has 0 aliphatic rings. The molecule has 2 aromatic rings. The number of aromatic amines is 1. The summed E-state index contributed by atoms with van der Waals surface area (Å²) in [7, 11) is 0. The van der Waals surface area contributed by atoms with Gasteiger partial charge in [0.15, 0.2) is 5.82 Å². The molecule has 2 rings (SSSR count). The Morgan fingerprint density at radius 1 is 1.50 bits per heavy atom. The molecule has 0 saturated carbocycles. The minimum atomic E-state index is -1.10. The van der Waals surface area contributed by atoms with Gasteiger partial charge in [0.25, 0.3) is 0 Å². The van der Waals surface area contributed by atoms with Crippen LogP contribution in [-0.4, -0.2) is 16.1 Å². The lowest BCUT2D eigenvalue weighted by Crippen LogP contribution is -1.95. The first-order valence-electron chi connectivity index (χ1n) is 3.79. The van der Waals surface area contributed by atoms with E-state index in [2.05, 4.69) is 20.9 Å². The van der Waals surface area contributed by atoms with Gasteiger partial charge in [-0.2, -0.15) is 0 Å². The number of fused-ring (bicyclic) bond motifs is 1. The highest BCUT2D eigenvalue weighted by Gasteiger charge is 2.11. The Kier molecular flexibility index (Phi) is 2.03. The Balaban J connectivity index is 2.77. The second kappa shape index (κ2) is 3.09. The van der Waals surface area contributed by atoms with Crippen molar-refractivity contribution in [2.75, 3.05) is 0 Å². The highest BCUT2D eigenvalue weighted by atomic mass is 79.9. The van der Waals surface area contributed by atoms with Crippen molar-refractivity contribution >= 4 is 32.8 Å². The zero-order valence-electron chi connectivity index (χ0n) is 6.84. The first-order chi connectivity index (χ1) is 6.59. The maximum Gasteiger partial charge on any atom is 0.352 e. The van der Waals surface area contributed by atoms with Gasteiger partial charge in [-0.25, -0.2) is 9.18 Å². The number of rotatable bonds is 1. The summed E-state index contributed by atoms with van der Waals surface area (Å²) in [6.07, 6.45) is 0. The van der Waals surface area contributed by atoms with Crippen LogP contribution in [0.15, 0.2) is 22.7 Å². The number of aromatic nitrogens is 1. The molecule has 0 unspecified atom stereocenters. The summed E-state index contributed by atoms with van der Waals surface area (Å²) < 4.78 is 13.7. The Morgan fingerprint density at radius 3 is 2.86 bits per heavy atom. The summed E-state index contributed by atoms with van der Waals surface area (Å²) in [6, 6.07) is 4.58. The van der Waals surface area contributed by atoms with Crippen LogP contribution in [-0.2, 0) is 0 Å². The van der Waals surface area contributed by atoms with Gasteiger partial charge in [0.05, 0.1) is 9.99 Å². The van der Waals surface area contributed by atoms with Crippen LogP contribution in [0.5, 0.6) is 0 Å². The number of carbonyl (C=O) groups is 1. The van der Waals surface area contributed by atoms with Crippen LogP contribution >= 0.6 is 15.9 Å². The van der Waals surface area contributed by atoms with Crippen LogP contribution in [0.4, 0.5) is 4.39 Å². The van der Waals surface area contributed by atoms with Crippen molar-refractivity contribution in [1.82, 2.24) is 4.98 Å². The third kappa shape index (κ3) is 1.29. The molecule has 14 heavy (non-hydrogen) atoms.